The van der Waals surface area contributed by atoms with E-state index < -0.39 is 0 Å². The topological polar surface area (TPSA) is 64.3 Å². The minimum Gasteiger partial charge on any atom is -0.493 e. The normalized spacial score (nSPS) is 11.9. The third-order valence-electron chi connectivity index (χ3n) is 2.67. The summed E-state index contributed by atoms with van der Waals surface area (Å²) in [6.07, 6.45) is 1.21. The molecule has 1 atom stereocenters. The van der Waals surface area contributed by atoms with Gasteiger partial charge < -0.3 is 15.8 Å². The summed E-state index contributed by atoms with van der Waals surface area (Å²) in [6, 6.07) is 7.81. The van der Waals surface area contributed by atoms with E-state index in [4.69, 9.17) is 10.5 Å². The van der Waals surface area contributed by atoms with Gasteiger partial charge in [0, 0.05) is 12.6 Å². The van der Waals surface area contributed by atoms with Crippen molar-refractivity contribution in [2.24, 2.45) is 5.73 Å². The highest BCUT2D eigenvalue weighted by Gasteiger charge is 2.04. The van der Waals surface area contributed by atoms with Crippen LogP contribution in [0.25, 0.3) is 0 Å². The van der Waals surface area contributed by atoms with Gasteiger partial charge in [-0.1, -0.05) is 19.1 Å². The maximum Gasteiger partial charge on any atom is 0.223 e. The molecule has 1 aromatic rings. The SMILES string of the molecule is CCC(N)CNC(=O)CCOc1cccc(C)c1. The molecule has 0 radical (unpaired) electrons. The lowest BCUT2D eigenvalue weighted by atomic mass is 10.2. The van der Waals surface area contributed by atoms with E-state index in [0.29, 0.717) is 19.6 Å². The van der Waals surface area contributed by atoms with Crippen LogP contribution in [0, 0.1) is 6.92 Å². The highest BCUT2D eigenvalue weighted by molar-refractivity contribution is 5.76. The van der Waals surface area contributed by atoms with Crippen molar-refractivity contribution in [3.05, 3.63) is 29.8 Å². The van der Waals surface area contributed by atoms with Crippen LogP contribution in [0.4, 0.5) is 0 Å². The lowest BCUT2D eigenvalue weighted by molar-refractivity contribution is -0.121. The summed E-state index contributed by atoms with van der Waals surface area (Å²) in [7, 11) is 0. The molecule has 1 rings (SSSR count). The summed E-state index contributed by atoms with van der Waals surface area (Å²) in [4.78, 5) is 11.5. The van der Waals surface area contributed by atoms with Crippen molar-refractivity contribution in [3.63, 3.8) is 0 Å². The number of nitrogens with one attached hydrogen (secondary N) is 1. The molecule has 1 aromatic carbocycles. The second-order valence-corrected chi connectivity index (χ2v) is 4.39. The first-order valence-corrected chi connectivity index (χ1v) is 6.33. The Balaban J connectivity index is 2.19. The molecule has 18 heavy (non-hydrogen) atoms. The zero-order chi connectivity index (χ0) is 13.4. The number of carbonyl (C=O) groups is 1. The smallest absolute Gasteiger partial charge is 0.223 e. The summed E-state index contributed by atoms with van der Waals surface area (Å²) in [5, 5.41) is 2.79. The molecule has 0 fully saturated rings. The van der Waals surface area contributed by atoms with Crippen molar-refractivity contribution in [1.29, 1.82) is 0 Å². The van der Waals surface area contributed by atoms with Gasteiger partial charge >= 0.3 is 0 Å². The highest BCUT2D eigenvalue weighted by Crippen LogP contribution is 2.12. The third kappa shape index (κ3) is 5.68. The van der Waals surface area contributed by atoms with Crippen LogP contribution in [-0.4, -0.2) is 25.1 Å². The predicted octanol–water partition coefficient (Wildman–Crippen LogP) is 1.62. The number of carbonyl (C=O) groups excluding carboxylic acids is 1. The number of benzene rings is 1. The number of rotatable bonds is 7. The summed E-state index contributed by atoms with van der Waals surface area (Å²) in [5.74, 6) is 0.777. The van der Waals surface area contributed by atoms with Gasteiger partial charge in [-0.15, -0.1) is 0 Å². The Labute approximate surface area is 109 Å². The Hall–Kier alpha value is -1.55. The highest BCUT2D eigenvalue weighted by atomic mass is 16.5. The van der Waals surface area contributed by atoms with Gasteiger partial charge in [0.05, 0.1) is 13.0 Å². The zero-order valence-corrected chi connectivity index (χ0v) is 11.1. The van der Waals surface area contributed by atoms with Crippen LogP contribution < -0.4 is 15.8 Å². The molecular formula is C14H22N2O2. The second-order valence-electron chi connectivity index (χ2n) is 4.39. The Kier molecular flexibility index (Phi) is 6.22. The van der Waals surface area contributed by atoms with Crippen molar-refractivity contribution in [2.45, 2.75) is 32.7 Å². The largest absolute Gasteiger partial charge is 0.493 e. The molecule has 0 aromatic heterocycles. The lowest BCUT2D eigenvalue weighted by Gasteiger charge is -2.11. The van der Waals surface area contributed by atoms with Gasteiger partial charge in [-0.05, 0) is 31.0 Å². The molecule has 0 bridgehead atoms. The number of amides is 1. The number of nitrogens with two attached hydrogens (primary N) is 1. The van der Waals surface area contributed by atoms with E-state index >= 15 is 0 Å². The van der Waals surface area contributed by atoms with E-state index in [1.165, 1.54) is 0 Å². The van der Waals surface area contributed by atoms with Crippen LogP contribution in [0.5, 0.6) is 5.75 Å². The minimum absolute atomic E-state index is 0.0217. The van der Waals surface area contributed by atoms with Gasteiger partial charge in [-0.2, -0.15) is 0 Å². The van der Waals surface area contributed by atoms with Gasteiger partial charge in [-0.25, -0.2) is 0 Å². The average Bonchev–Trinajstić information content (AvgIpc) is 2.36. The molecule has 0 saturated carbocycles. The van der Waals surface area contributed by atoms with Crippen LogP contribution in [0.3, 0.4) is 0 Å². The van der Waals surface area contributed by atoms with E-state index in [1.807, 2.05) is 38.1 Å². The van der Waals surface area contributed by atoms with E-state index in [-0.39, 0.29) is 11.9 Å². The zero-order valence-electron chi connectivity index (χ0n) is 11.1. The third-order valence-corrected chi connectivity index (χ3v) is 2.67. The van der Waals surface area contributed by atoms with Crippen molar-refractivity contribution < 1.29 is 9.53 Å². The molecular weight excluding hydrogens is 228 g/mol. The number of hydrogen-bond acceptors (Lipinski definition) is 3. The number of aryl methyl sites for hydroxylation is 1. The average molecular weight is 250 g/mol. The molecule has 0 heterocycles. The van der Waals surface area contributed by atoms with E-state index in [2.05, 4.69) is 5.32 Å². The maximum atomic E-state index is 11.5. The van der Waals surface area contributed by atoms with Crippen molar-refractivity contribution in [1.82, 2.24) is 5.32 Å². The predicted molar refractivity (Wildman–Crippen MR) is 72.6 cm³/mol. The molecule has 0 saturated heterocycles. The Morgan fingerprint density at radius 3 is 2.94 bits per heavy atom. The molecule has 0 aliphatic heterocycles. The van der Waals surface area contributed by atoms with E-state index in [1.54, 1.807) is 0 Å². The monoisotopic (exact) mass is 250 g/mol. The van der Waals surface area contributed by atoms with Crippen LogP contribution >= 0.6 is 0 Å². The quantitative estimate of drug-likeness (QED) is 0.773. The Morgan fingerprint density at radius 2 is 2.28 bits per heavy atom. The summed E-state index contributed by atoms with van der Waals surface area (Å²) < 4.78 is 5.50. The standard InChI is InChI=1S/C14H22N2O2/c1-3-12(15)10-16-14(17)7-8-18-13-6-4-5-11(2)9-13/h4-6,9,12H,3,7-8,10,15H2,1-2H3,(H,16,17). The fourth-order valence-corrected chi connectivity index (χ4v) is 1.44. The molecule has 1 unspecified atom stereocenters. The van der Waals surface area contributed by atoms with Crippen molar-refractivity contribution >= 4 is 5.91 Å². The molecule has 1 amide bonds. The maximum absolute atomic E-state index is 11.5. The molecule has 3 N–H and O–H groups in total. The first-order valence-electron chi connectivity index (χ1n) is 6.33. The van der Waals surface area contributed by atoms with E-state index in [9.17, 15) is 4.79 Å². The molecule has 4 nitrogen and oxygen atoms in total. The van der Waals surface area contributed by atoms with Crippen molar-refractivity contribution in [2.75, 3.05) is 13.2 Å². The summed E-state index contributed by atoms with van der Waals surface area (Å²) in [5.41, 5.74) is 6.86. The first-order chi connectivity index (χ1) is 8.61. The van der Waals surface area contributed by atoms with Crippen LogP contribution in [0.15, 0.2) is 24.3 Å². The van der Waals surface area contributed by atoms with Gasteiger partial charge in [0.1, 0.15) is 5.75 Å². The first kappa shape index (κ1) is 14.5. The minimum atomic E-state index is -0.0217. The van der Waals surface area contributed by atoms with Crippen LogP contribution in [0.2, 0.25) is 0 Å². The van der Waals surface area contributed by atoms with Gasteiger partial charge in [0.15, 0.2) is 0 Å². The fourth-order valence-electron chi connectivity index (χ4n) is 1.44. The number of hydrogen-bond donors (Lipinski definition) is 2. The van der Waals surface area contributed by atoms with E-state index in [0.717, 1.165) is 17.7 Å². The fraction of sp³-hybridized carbons (Fsp3) is 0.500. The Bertz CT molecular complexity index is 380. The molecule has 100 valence electrons. The Morgan fingerprint density at radius 1 is 1.50 bits per heavy atom. The summed E-state index contributed by atoms with van der Waals surface area (Å²) in [6.45, 7) is 4.92. The second kappa shape index (κ2) is 7.71. The number of ether oxygens (including phenoxy) is 1. The van der Waals surface area contributed by atoms with Crippen LogP contribution in [0.1, 0.15) is 25.3 Å². The molecule has 0 aliphatic carbocycles. The van der Waals surface area contributed by atoms with Gasteiger partial charge in [0.25, 0.3) is 0 Å². The molecule has 4 heteroatoms. The molecule has 0 spiro atoms. The van der Waals surface area contributed by atoms with Crippen molar-refractivity contribution in [3.8, 4) is 5.75 Å². The van der Waals surface area contributed by atoms with Crippen LogP contribution in [-0.2, 0) is 4.79 Å². The van der Waals surface area contributed by atoms with Gasteiger partial charge in [0.2, 0.25) is 5.91 Å². The van der Waals surface area contributed by atoms with Gasteiger partial charge in [-0.3, -0.25) is 4.79 Å². The molecule has 0 aliphatic rings. The lowest BCUT2D eigenvalue weighted by Crippen LogP contribution is -2.37. The summed E-state index contributed by atoms with van der Waals surface area (Å²) >= 11 is 0.